The van der Waals surface area contributed by atoms with Gasteiger partial charge in [-0.05, 0) is 69.2 Å². The van der Waals surface area contributed by atoms with Gasteiger partial charge < -0.3 is 4.74 Å². The van der Waals surface area contributed by atoms with Crippen molar-refractivity contribution in [1.29, 1.82) is 0 Å². The minimum Gasteiger partial charge on any atom is -0.488 e. The molecule has 134 valence electrons. The van der Waals surface area contributed by atoms with E-state index in [1.54, 1.807) is 24.3 Å². The first kappa shape index (κ1) is 19.3. The molecule has 3 rings (SSSR count). The highest BCUT2D eigenvalue weighted by Gasteiger charge is 2.31. The number of rotatable bonds is 4. The second kappa shape index (κ2) is 8.05. The van der Waals surface area contributed by atoms with Crippen LogP contribution in [0.3, 0.4) is 0 Å². The van der Waals surface area contributed by atoms with E-state index in [1.165, 1.54) is 7.05 Å². The van der Waals surface area contributed by atoms with Gasteiger partial charge in [0.05, 0.1) is 19.4 Å². The van der Waals surface area contributed by atoms with Crippen LogP contribution in [0.5, 0.6) is 5.75 Å². The van der Waals surface area contributed by atoms with Gasteiger partial charge in [0, 0.05) is 7.05 Å². The Bertz CT molecular complexity index is 933. The van der Waals surface area contributed by atoms with Crippen LogP contribution in [-0.2, 0) is 11.4 Å². The number of carbonyl (C=O) groups is 2. The third-order valence-electron chi connectivity index (χ3n) is 3.62. The van der Waals surface area contributed by atoms with E-state index >= 15 is 0 Å². The quantitative estimate of drug-likeness (QED) is 0.512. The van der Waals surface area contributed by atoms with Crippen LogP contribution < -0.4 is 4.74 Å². The summed E-state index contributed by atoms with van der Waals surface area (Å²) in [6.45, 7) is 0.337. The van der Waals surface area contributed by atoms with Crippen LogP contribution in [0.1, 0.15) is 11.1 Å². The van der Waals surface area contributed by atoms with Gasteiger partial charge in [0.1, 0.15) is 12.4 Å². The predicted molar refractivity (Wildman–Crippen MR) is 109 cm³/mol. The van der Waals surface area contributed by atoms with Crippen molar-refractivity contribution < 1.29 is 14.3 Å². The van der Waals surface area contributed by atoms with Crippen molar-refractivity contribution in [2.45, 2.75) is 6.61 Å². The molecule has 8 heteroatoms. The zero-order valence-electron chi connectivity index (χ0n) is 13.5. The summed E-state index contributed by atoms with van der Waals surface area (Å²) >= 11 is 16.3. The normalized spacial score (nSPS) is 15.8. The second-order valence-electron chi connectivity index (χ2n) is 5.47. The van der Waals surface area contributed by atoms with E-state index in [9.17, 15) is 9.59 Å². The summed E-state index contributed by atoms with van der Waals surface area (Å²) in [7, 11) is 1.47. The summed E-state index contributed by atoms with van der Waals surface area (Å²) < 4.78 is 6.53. The Morgan fingerprint density at radius 2 is 1.92 bits per heavy atom. The van der Waals surface area contributed by atoms with Gasteiger partial charge in [-0.3, -0.25) is 14.5 Å². The largest absolute Gasteiger partial charge is 0.488 e. The van der Waals surface area contributed by atoms with Crippen molar-refractivity contribution in [3.05, 3.63) is 66.9 Å². The molecular formula is C18H12BrCl2NO3S. The standard InChI is InChI=1S/C18H12BrCl2NO3S/c1-22-17(23)16(26-18(22)24)8-10-3-5-15(12(19)6-10)25-9-11-2-4-13(20)14(21)7-11/h2-8H,9H2,1H3/b16-8-. The number of carbonyl (C=O) groups excluding carboxylic acids is 2. The number of ether oxygens (including phenoxy) is 1. The van der Waals surface area contributed by atoms with E-state index in [0.29, 0.717) is 27.3 Å². The minimum absolute atomic E-state index is 0.276. The van der Waals surface area contributed by atoms with E-state index in [1.807, 2.05) is 18.2 Å². The fourth-order valence-electron chi connectivity index (χ4n) is 2.21. The second-order valence-corrected chi connectivity index (χ2v) is 8.13. The smallest absolute Gasteiger partial charge is 0.293 e. The number of hydrogen-bond donors (Lipinski definition) is 0. The fraction of sp³-hybridized carbons (Fsp3) is 0.111. The number of imide groups is 1. The molecule has 0 N–H and O–H groups in total. The number of nitrogens with zero attached hydrogens (tertiary/aromatic N) is 1. The maximum atomic E-state index is 11.9. The van der Waals surface area contributed by atoms with Crippen molar-refractivity contribution in [2.24, 2.45) is 0 Å². The predicted octanol–water partition coefficient (Wildman–Crippen LogP) is 6.00. The molecule has 2 aromatic rings. The monoisotopic (exact) mass is 471 g/mol. The lowest BCUT2D eigenvalue weighted by Gasteiger charge is -2.10. The highest BCUT2D eigenvalue weighted by molar-refractivity contribution is 9.10. The maximum Gasteiger partial charge on any atom is 0.293 e. The van der Waals surface area contributed by atoms with Crippen LogP contribution in [0.2, 0.25) is 10.0 Å². The Balaban J connectivity index is 1.72. The average molecular weight is 473 g/mol. The van der Waals surface area contributed by atoms with Crippen LogP contribution in [0.15, 0.2) is 45.8 Å². The molecule has 2 aromatic carbocycles. The Kier molecular flexibility index (Phi) is 5.97. The molecule has 0 atom stereocenters. The molecule has 2 amide bonds. The van der Waals surface area contributed by atoms with Crippen molar-refractivity contribution >= 4 is 68.1 Å². The van der Waals surface area contributed by atoms with Crippen LogP contribution in [0, 0.1) is 0 Å². The minimum atomic E-state index is -0.295. The van der Waals surface area contributed by atoms with E-state index in [-0.39, 0.29) is 11.1 Å². The SMILES string of the molecule is CN1C(=O)S/C(=C\c2ccc(OCc3ccc(Cl)c(Cl)c3)c(Br)c2)C1=O. The molecule has 0 saturated carbocycles. The molecule has 1 heterocycles. The third kappa shape index (κ3) is 4.26. The first-order valence-electron chi connectivity index (χ1n) is 7.43. The lowest BCUT2D eigenvalue weighted by Crippen LogP contribution is -2.22. The Morgan fingerprint density at radius 3 is 2.54 bits per heavy atom. The molecule has 0 unspecified atom stereocenters. The highest BCUT2D eigenvalue weighted by atomic mass is 79.9. The van der Waals surface area contributed by atoms with Gasteiger partial charge in [-0.2, -0.15) is 0 Å². The lowest BCUT2D eigenvalue weighted by atomic mass is 10.2. The van der Waals surface area contributed by atoms with Gasteiger partial charge >= 0.3 is 0 Å². The van der Waals surface area contributed by atoms with Crippen LogP contribution >= 0.6 is 50.9 Å². The number of benzene rings is 2. The third-order valence-corrected chi connectivity index (χ3v) is 5.94. The molecule has 0 spiro atoms. The van der Waals surface area contributed by atoms with Crippen molar-refractivity contribution in [3.63, 3.8) is 0 Å². The first-order chi connectivity index (χ1) is 12.3. The summed E-state index contributed by atoms with van der Waals surface area (Å²) in [5, 5.41) is 0.700. The molecular weight excluding hydrogens is 461 g/mol. The first-order valence-corrected chi connectivity index (χ1v) is 9.79. The number of amides is 2. The lowest BCUT2D eigenvalue weighted by molar-refractivity contribution is -0.121. The maximum absolute atomic E-state index is 11.9. The van der Waals surface area contributed by atoms with Gasteiger partial charge in [-0.1, -0.05) is 35.3 Å². The van der Waals surface area contributed by atoms with Crippen LogP contribution in [0.25, 0.3) is 6.08 Å². The summed E-state index contributed by atoms with van der Waals surface area (Å²) in [5.41, 5.74) is 1.68. The van der Waals surface area contributed by atoms with Crippen molar-refractivity contribution in [3.8, 4) is 5.75 Å². The topological polar surface area (TPSA) is 46.6 Å². The molecule has 4 nitrogen and oxygen atoms in total. The molecule has 1 saturated heterocycles. The molecule has 0 radical (unpaired) electrons. The molecule has 1 aliphatic rings. The fourth-order valence-corrected chi connectivity index (χ4v) is 3.87. The Hall–Kier alpha value is -1.47. The van der Waals surface area contributed by atoms with Crippen LogP contribution in [0.4, 0.5) is 4.79 Å². The molecule has 0 aliphatic carbocycles. The van der Waals surface area contributed by atoms with E-state index in [0.717, 1.165) is 32.3 Å². The summed E-state index contributed by atoms with van der Waals surface area (Å²) in [6.07, 6.45) is 1.68. The van der Waals surface area contributed by atoms with E-state index in [2.05, 4.69) is 15.9 Å². The number of halogens is 3. The molecule has 0 bridgehead atoms. The summed E-state index contributed by atoms with van der Waals surface area (Å²) in [4.78, 5) is 25.0. The summed E-state index contributed by atoms with van der Waals surface area (Å²) in [6, 6.07) is 10.8. The van der Waals surface area contributed by atoms with Gasteiger partial charge in [0.2, 0.25) is 0 Å². The average Bonchev–Trinajstić information content (AvgIpc) is 2.84. The zero-order valence-corrected chi connectivity index (χ0v) is 17.4. The molecule has 26 heavy (non-hydrogen) atoms. The Morgan fingerprint density at radius 1 is 1.15 bits per heavy atom. The van der Waals surface area contributed by atoms with Gasteiger partial charge in [-0.25, -0.2) is 0 Å². The highest BCUT2D eigenvalue weighted by Crippen LogP contribution is 2.33. The van der Waals surface area contributed by atoms with Gasteiger partial charge in [0.15, 0.2) is 0 Å². The van der Waals surface area contributed by atoms with Gasteiger partial charge in [0.25, 0.3) is 11.1 Å². The molecule has 1 fully saturated rings. The van der Waals surface area contributed by atoms with E-state index < -0.39 is 0 Å². The summed E-state index contributed by atoms with van der Waals surface area (Å²) in [5.74, 6) is 0.355. The van der Waals surface area contributed by atoms with Crippen LogP contribution in [-0.4, -0.2) is 23.1 Å². The number of hydrogen-bond acceptors (Lipinski definition) is 4. The van der Waals surface area contributed by atoms with E-state index in [4.69, 9.17) is 27.9 Å². The number of thioether (sulfide) groups is 1. The van der Waals surface area contributed by atoms with Crippen molar-refractivity contribution in [1.82, 2.24) is 4.90 Å². The van der Waals surface area contributed by atoms with Gasteiger partial charge in [-0.15, -0.1) is 0 Å². The molecule has 1 aliphatic heterocycles. The zero-order chi connectivity index (χ0) is 18.8. The Labute approximate surface area is 173 Å². The van der Waals surface area contributed by atoms with Crippen molar-refractivity contribution in [2.75, 3.05) is 7.05 Å². The number of likely N-dealkylation sites (N-methyl/N-ethyl adjacent to an activating group) is 1. The molecule has 0 aromatic heterocycles.